The normalized spacial score (nSPS) is 20.2. The van der Waals surface area contributed by atoms with Crippen LogP contribution in [0, 0.1) is 17.8 Å². The summed E-state index contributed by atoms with van der Waals surface area (Å²) in [5, 5.41) is 0. The Bertz CT molecular complexity index is 399. The Hall–Kier alpha value is -1.26. The summed E-state index contributed by atoms with van der Waals surface area (Å²) >= 11 is 0. The van der Waals surface area contributed by atoms with Crippen LogP contribution in [0.5, 0.6) is 0 Å². The molecule has 1 aliphatic heterocycles. The Morgan fingerprint density at radius 1 is 1.22 bits per heavy atom. The molecule has 1 heterocycles. The molecule has 0 saturated carbocycles. The summed E-state index contributed by atoms with van der Waals surface area (Å²) in [5.41, 5.74) is 1.39. The monoisotopic (exact) mass is 241 g/mol. The van der Waals surface area contributed by atoms with Gasteiger partial charge in [-0.3, -0.25) is 4.90 Å². The quantitative estimate of drug-likeness (QED) is 0.734. The Morgan fingerprint density at radius 3 is 2.83 bits per heavy atom. The van der Waals surface area contributed by atoms with Crippen molar-refractivity contribution in [1.82, 2.24) is 4.90 Å². The molecule has 1 heteroatoms. The first-order valence-electron chi connectivity index (χ1n) is 7.06. The molecule has 1 atom stereocenters. The molecule has 1 aliphatic rings. The number of hydrogen-bond donors (Lipinski definition) is 0. The van der Waals surface area contributed by atoms with Crippen molar-refractivity contribution in [2.75, 3.05) is 19.6 Å². The van der Waals surface area contributed by atoms with Crippen LogP contribution in [0.3, 0.4) is 0 Å². The van der Waals surface area contributed by atoms with E-state index in [2.05, 4.69) is 54.0 Å². The van der Waals surface area contributed by atoms with Gasteiger partial charge in [-0.25, -0.2) is 0 Å². The molecule has 1 saturated heterocycles. The maximum Gasteiger partial charge on any atom is 0.0601 e. The van der Waals surface area contributed by atoms with Crippen LogP contribution in [-0.2, 0) is 6.42 Å². The largest absolute Gasteiger partial charge is 0.292 e. The standard InChI is InChI=1S/C17H23N/c1-16-9-8-14-18(15-16)13-7-3-6-12-17-10-4-2-5-11-17/h2,4-5,10-11,16H,6,8-9,12-15H2,1H3. The zero-order valence-electron chi connectivity index (χ0n) is 11.4. The first-order chi connectivity index (χ1) is 8.84. The maximum absolute atomic E-state index is 3.32. The van der Waals surface area contributed by atoms with Gasteiger partial charge in [-0.15, -0.1) is 5.92 Å². The smallest absolute Gasteiger partial charge is 0.0601 e. The van der Waals surface area contributed by atoms with Crippen molar-refractivity contribution in [2.45, 2.75) is 32.6 Å². The predicted octanol–water partition coefficient (Wildman–Crippen LogP) is 3.35. The van der Waals surface area contributed by atoms with Gasteiger partial charge in [-0.1, -0.05) is 43.2 Å². The van der Waals surface area contributed by atoms with Gasteiger partial charge in [0.2, 0.25) is 0 Å². The van der Waals surface area contributed by atoms with Crippen LogP contribution in [0.25, 0.3) is 0 Å². The van der Waals surface area contributed by atoms with Crippen LogP contribution >= 0.6 is 0 Å². The molecule has 1 unspecified atom stereocenters. The van der Waals surface area contributed by atoms with E-state index in [1.807, 2.05) is 0 Å². The van der Waals surface area contributed by atoms with Gasteiger partial charge >= 0.3 is 0 Å². The minimum atomic E-state index is 0.852. The van der Waals surface area contributed by atoms with Crippen molar-refractivity contribution in [3.8, 4) is 11.8 Å². The summed E-state index contributed by atoms with van der Waals surface area (Å²) in [7, 11) is 0. The minimum absolute atomic E-state index is 0.852. The van der Waals surface area contributed by atoms with E-state index in [4.69, 9.17) is 0 Å². The lowest BCUT2D eigenvalue weighted by molar-refractivity contribution is 0.204. The van der Waals surface area contributed by atoms with E-state index in [9.17, 15) is 0 Å². The van der Waals surface area contributed by atoms with Gasteiger partial charge in [-0.2, -0.15) is 0 Å². The predicted molar refractivity (Wildman–Crippen MR) is 77.4 cm³/mol. The van der Waals surface area contributed by atoms with Crippen LogP contribution in [0.4, 0.5) is 0 Å². The first kappa shape index (κ1) is 13.2. The maximum atomic E-state index is 3.32. The molecule has 2 rings (SSSR count). The summed E-state index contributed by atoms with van der Waals surface area (Å²) in [6.45, 7) is 5.76. The molecule has 1 aromatic rings. The number of aryl methyl sites for hydroxylation is 1. The zero-order valence-corrected chi connectivity index (χ0v) is 11.4. The molecule has 1 fully saturated rings. The van der Waals surface area contributed by atoms with Crippen LogP contribution in [0.15, 0.2) is 30.3 Å². The van der Waals surface area contributed by atoms with E-state index in [1.165, 1.54) is 31.5 Å². The minimum Gasteiger partial charge on any atom is -0.292 e. The number of nitrogens with zero attached hydrogens (tertiary/aromatic N) is 1. The number of piperidine rings is 1. The lowest BCUT2D eigenvalue weighted by Crippen LogP contribution is -2.34. The molecule has 1 aromatic carbocycles. The van der Waals surface area contributed by atoms with E-state index in [0.29, 0.717) is 0 Å². The number of likely N-dealkylation sites (tertiary alicyclic amines) is 1. The van der Waals surface area contributed by atoms with Gasteiger partial charge in [0.05, 0.1) is 6.54 Å². The van der Waals surface area contributed by atoms with Gasteiger partial charge in [0.1, 0.15) is 0 Å². The molecule has 0 spiro atoms. The SMILES string of the molecule is CC1CCCN(CC#CCCc2ccccc2)C1. The zero-order chi connectivity index (χ0) is 12.6. The molecular weight excluding hydrogens is 218 g/mol. The number of benzene rings is 1. The molecule has 0 radical (unpaired) electrons. The second kappa shape index (κ2) is 7.24. The Balaban J connectivity index is 1.66. The fourth-order valence-corrected chi connectivity index (χ4v) is 2.54. The Morgan fingerprint density at radius 2 is 2.06 bits per heavy atom. The molecule has 18 heavy (non-hydrogen) atoms. The summed E-state index contributed by atoms with van der Waals surface area (Å²) in [6.07, 6.45) is 4.78. The molecule has 96 valence electrons. The summed E-state index contributed by atoms with van der Waals surface area (Å²) in [5.74, 6) is 7.48. The van der Waals surface area contributed by atoms with Crippen LogP contribution in [-0.4, -0.2) is 24.5 Å². The first-order valence-corrected chi connectivity index (χ1v) is 7.06. The fraction of sp³-hybridized carbons (Fsp3) is 0.529. The van der Waals surface area contributed by atoms with E-state index >= 15 is 0 Å². The summed E-state index contributed by atoms with van der Waals surface area (Å²) < 4.78 is 0. The molecule has 0 bridgehead atoms. The van der Waals surface area contributed by atoms with Gasteiger partial charge in [0, 0.05) is 13.0 Å². The fourth-order valence-electron chi connectivity index (χ4n) is 2.54. The highest BCUT2D eigenvalue weighted by Gasteiger charge is 2.14. The second-order valence-electron chi connectivity index (χ2n) is 5.32. The molecule has 1 nitrogen and oxygen atoms in total. The van der Waals surface area contributed by atoms with Crippen molar-refractivity contribution in [3.63, 3.8) is 0 Å². The van der Waals surface area contributed by atoms with Crippen LogP contribution < -0.4 is 0 Å². The molecular formula is C17H23N. The lowest BCUT2D eigenvalue weighted by Gasteiger charge is -2.28. The van der Waals surface area contributed by atoms with E-state index in [-0.39, 0.29) is 0 Å². The third-order valence-corrected chi connectivity index (χ3v) is 3.55. The topological polar surface area (TPSA) is 3.24 Å². The van der Waals surface area contributed by atoms with Crippen LogP contribution in [0.2, 0.25) is 0 Å². The van der Waals surface area contributed by atoms with Crippen LogP contribution in [0.1, 0.15) is 31.7 Å². The van der Waals surface area contributed by atoms with E-state index in [1.54, 1.807) is 0 Å². The third kappa shape index (κ3) is 4.55. The average Bonchev–Trinajstić information content (AvgIpc) is 2.40. The van der Waals surface area contributed by atoms with Crippen molar-refractivity contribution in [2.24, 2.45) is 5.92 Å². The van der Waals surface area contributed by atoms with Gasteiger partial charge in [0.25, 0.3) is 0 Å². The lowest BCUT2D eigenvalue weighted by atomic mass is 10.0. The average molecular weight is 241 g/mol. The molecule has 0 amide bonds. The Kier molecular flexibility index (Phi) is 5.30. The number of hydrogen-bond acceptors (Lipinski definition) is 1. The van der Waals surface area contributed by atoms with E-state index in [0.717, 1.165) is 25.3 Å². The highest BCUT2D eigenvalue weighted by molar-refractivity contribution is 5.16. The van der Waals surface area contributed by atoms with Crippen molar-refractivity contribution < 1.29 is 0 Å². The second-order valence-corrected chi connectivity index (χ2v) is 5.32. The molecule has 0 aromatic heterocycles. The van der Waals surface area contributed by atoms with E-state index < -0.39 is 0 Å². The highest BCUT2D eigenvalue weighted by Crippen LogP contribution is 2.14. The summed E-state index contributed by atoms with van der Waals surface area (Å²) in [6, 6.07) is 10.6. The molecule has 0 N–H and O–H groups in total. The van der Waals surface area contributed by atoms with Gasteiger partial charge < -0.3 is 0 Å². The van der Waals surface area contributed by atoms with Crippen molar-refractivity contribution in [3.05, 3.63) is 35.9 Å². The van der Waals surface area contributed by atoms with Gasteiger partial charge in [-0.05, 0) is 37.3 Å². The third-order valence-electron chi connectivity index (χ3n) is 3.55. The Labute approximate surface area is 111 Å². The van der Waals surface area contributed by atoms with Gasteiger partial charge in [0.15, 0.2) is 0 Å². The number of rotatable bonds is 3. The summed E-state index contributed by atoms with van der Waals surface area (Å²) in [4.78, 5) is 2.49. The van der Waals surface area contributed by atoms with Crippen molar-refractivity contribution in [1.29, 1.82) is 0 Å². The van der Waals surface area contributed by atoms with Crippen molar-refractivity contribution >= 4 is 0 Å². The molecule has 0 aliphatic carbocycles. The highest BCUT2D eigenvalue weighted by atomic mass is 15.1.